The number of halogens is 2. The van der Waals surface area contributed by atoms with Crippen molar-refractivity contribution in [3.63, 3.8) is 0 Å². The third-order valence-corrected chi connectivity index (χ3v) is 3.34. The Hall–Kier alpha value is -0.410. The molecule has 0 fully saturated rings. The third kappa shape index (κ3) is 3.87. The van der Waals surface area contributed by atoms with Crippen LogP contribution >= 0.6 is 15.9 Å². The predicted molar refractivity (Wildman–Crippen MR) is 67.9 cm³/mol. The van der Waals surface area contributed by atoms with E-state index in [9.17, 15) is 9.50 Å². The van der Waals surface area contributed by atoms with Gasteiger partial charge in [-0.05, 0) is 46.8 Å². The second-order valence-electron chi connectivity index (χ2n) is 4.98. The quantitative estimate of drug-likeness (QED) is 0.890. The number of hydrogen-bond acceptors (Lipinski definition) is 1. The van der Waals surface area contributed by atoms with E-state index in [1.165, 1.54) is 6.07 Å². The second-order valence-corrected chi connectivity index (χ2v) is 5.78. The van der Waals surface area contributed by atoms with Crippen molar-refractivity contribution in [1.82, 2.24) is 0 Å². The third-order valence-electron chi connectivity index (χ3n) is 2.45. The Labute approximate surface area is 105 Å². The zero-order valence-electron chi connectivity index (χ0n) is 9.93. The molecule has 90 valence electrons. The van der Waals surface area contributed by atoms with Crippen LogP contribution in [0.4, 0.5) is 4.39 Å². The molecule has 1 unspecified atom stereocenters. The average molecular weight is 289 g/mol. The summed E-state index contributed by atoms with van der Waals surface area (Å²) in [6.45, 7) is 5.93. The Morgan fingerprint density at radius 2 is 2.06 bits per heavy atom. The molecule has 1 N–H and O–H groups in total. The van der Waals surface area contributed by atoms with Crippen molar-refractivity contribution in [3.05, 3.63) is 34.1 Å². The van der Waals surface area contributed by atoms with Crippen LogP contribution in [0.3, 0.4) is 0 Å². The van der Waals surface area contributed by atoms with E-state index < -0.39 is 5.60 Å². The van der Waals surface area contributed by atoms with Gasteiger partial charge in [-0.2, -0.15) is 0 Å². The van der Waals surface area contributed by atoms with Crippen LogP contribution in [0.1, 0.15) is 32.8 Å². The first-order chi connectivity index (χ1) is 7.32. The van der Waals surface area contributed by atoms with Crippen LogP contribution in [0, 0.1) is 11.7 Å². The standard InChI is InChI=1S/C13H18BrFO/c1-9(2)7-13(3,16)8-10-5-4-6-11(15)12(10)14/h4-6,9,16H,7-8H2,1-3H3. The maximum absolute atomic E-state index is 13.3. The molecule has 0 heterocycles. The highest BCUT2D eigenvalue weighted by Crippen LogP contribution is 2.27. The molecule has 16 heavy (non-hydrogen) atoms. The molecule has 0 aliphatic rings. The Bertz CT molecular complexity index is 361. The largest absolute Gasteiger partial charge is 0.390 e. The Balaban J connectivity index is 2.83. The lowest BCUT2D eigenvalue weighted by Gasteiger charge is -2.26. The smallest absolute Gasteiger partial charge is 0.137 e. The molecular formula is C13H18BrFO. The van der Waals surface area contributed by atoms with Gasteiger partial charge in [-0.1, -0.05) is 26.0 Å². The number of aliphatic hydroxyl groups is 1. The minimum Gasteiger partial charge on any atom is -0.390 e. The number of hydrogen-bond donors (Lipinski definition) is 1. The van der Waals surface area contributed by atoms with Gasteiger partial charge >= 0.3 is 0 Å². The van der Waals surface area contributed by atoms with Gasteiger partial charge in [0.15, 0.2) is 0 Å². The lowest BCUT2D eigenvalue weighted by Crippen LogP contribution is -2.29. The van der Waals surface area contributed by atoms with Crippen molar-refractivity contribution in [1.29, 1.82) is 0 Å². The van der Waals surface area contributed by atoms with Gasteiger partial charge < -0.3 is 5.11 Å². The molecule has 0 saturated heterocycles. The molecule has 0 bridgehead atoms. The molecule has 1 atom stereocenters. The summed E-state index contributed by atoms with van der Waals surface area (Å²) in [6, 6.07) is 4.91. The summed E-state index contributed by atoms with van der Waals surface area (Å²) in [5.74, 6) is 0.139. The van der Waals surface area contributed by atoms with E-state index in [2.05, 4.69) is 29.8 Å². The van der Waals surface area contributed by atoms with E-state index in [-0.39, 0.29) is 5.82 Å². The Morgan fingerprint density at radius 3 is 2.62 bits per heavy atom. The molecule has 1 aromatic rings. The predicted octanol–water partition coefficient (Wildman–Crippen LogP) is 3.93. The first-order valence-electron chi connectivity index (χ1n) is 5.47. The fourth-order valence-electron chi connectivity index (χ4n) is 2.05. The topological polar surface area (TPSA) is 20.2 Å². The van der Waals surface area contributed by atoms with Gasteiger partial charge in [0.05, 0.1) is 10.1 Å². The zero-order valence-corrected chi connectivity index (χ0v) is 11.5. The Kier molecular flexibility index (Phi) is 4.51. The Morgan fingerprint density at radius 1 is 1.44 bits per heavy atom. The summed E-state index contributed by atoms with van der Waals surface area (Å²) in [5.41, 5.74) is 0.0236. The molecule has 0 amide bonds. The van der Waals surface area contributed by atoms with Gasteiger partial charge in [-0.25, -0.2) is 4.39 Å². The van der Waals surface area contributed by atoms with Gasteiger partial charge in [-0.3, -0.25) is 0 Å². The van der Waals surface area contributed by atoms with Crippen molar-refractivity contribution >= 4 is 15.9 Å². The molecule has 1 aromatic carbocycles. The molecule has 0 spiro atoms. The molecule has 1 nitrogen and oxygen atoms in total. The lowest BCUT2D eigenvalue weighted by molar-refractivity contribution is 0.0386. The fraction of sp³-hybridized carbons (Fsp3) is 0.538. The number of benzene rings is 1. The van der Waals surface area contributed by atoms with E-state index in [1.807, 2.05) is 6.07 Å². The first-order valence-corrected chi connectivity index (χ1v) is 6.26. The van der Waals surface area contributed by atoms with E-state index >= 15 is 0 Å². The van der Waals surface area contributed by atoms with Crippen molar-refractivity contribution in [2.45, 2.75) is 39.2 Å². The van der Waals surface area contributed by atoms with Crippen LogP contribution in [-0.4, -0.2) is 10.7 Å². The zero-order chi connectivity index (χ0) is 12.3. The maximum Gasteiger partial charge on any atom is 0.137 e. The van der Waals surface area contributed by atoms with Gasteiger partial charge in [-0.15, -0.1) is 0 Å². The lowest BCUT2D eigenvalue weighted by atomic mass is 9.88. The molecular weight excluding hydrogens is 271 g/mol. The summed E-state index contributed by atoms with van der Waals surface area (Å²) in [5, 5.41) is 10.2. The molecule has 0 saturated carbocycles. The molecule has 0 aliphatic heterocycles. The second kappa shape index (κ2) is 5.28. The highest BCUT2D eigenvalue weighted by molar-refractivity contribution is 9.10. The SMILES string of the molecule is CC(C)CC(C)(O)Cc1cccc(F)c1Br. The minimum absolute atomic E-state index is 0.280. The highest BCUT2D eigenvalue weighted by atomic mass is 79.9. The van der Waals surface area contributed by atoms with Crippen LogP contribution in [0.15, 0.2) is 22.7 Å². The summed E-state index contributed by atoms with van der Waals surface area (Å²) < 4.78 is 13.7. The van der Waals surface area contributed by atoms with Gasteiger partial charge in [0, 0.05) is 6.42 Å². The summed E-state index contributed by atoms with van der Waals surface area (Å²) in [7, 11) is 0. The first kappa shape index (κ1) is 13.7. The van der Waals surface area contributed by atoms with Gasteiger partial charge in [0.25, 0.3) is 0 Å². The molecule has 0 aliphatic carbocycles. The summed E-state index contributed by atoms with van der Waals surface area (Å²) >= 11 is 3.21. The highest BCUT2D eigenvalue weighted by Gasteiger charge is 2.23. The van der Waals surface area contributed by atoms with Crippen LogP contribution in [0.2, 0.25) is 0 Å². The van der Waals surface area contributed by atoms with Crippen LogP contribution in [0.5, 0.6) is 0 Å². The van der Waals surface area contributed by atoms with Gasteiger partial charge in [0.2, 0.25) is 0 Å². The van der Waals surface area contributed by atoms with Crippen LogP contribution in [0.25, 0.3) is 0 Å². The van der Waals surface area contributed by atoms with Crippen molar-refractivity contribution in [2.75, 3.05) is 0 Å². The van der Waals surface area contributed by atoms with Gasteiger partial charge in [0.1, 0.15) is 5.82 Å². The maximum atomic E-state index is 13.3. The van der Waals surface area contributed by atoms with Crippen LogP contribution in [-0.2, 0) is 6.42 Å². The minimum atomic E-state index is -0.787. The van der Waals surface area contributed by atoms with Crippen molar-refractivity contribution in [3.8, 4) is 0 Å². The van der Waals surface area contributed by atoms with Crippen LogP contribution < -0.4 is 0 Å². The molecule has 0 aromatic heterocycles. The molecule has 0 radical (unpaired) electrons. The van der Waals surface area contributed by atoms with E-state index in [1.54, 1.807) is 13.0 Å². The van der Waals surface area contributed by atoms with E-state index in [0.29, 0.717) is 23.2 Å². The molecule has 3 heteroatoms. The van der Waals surface area contributed by atoms with Crippen molar-refractivity contribution in [2.24, 2.45) is 5.92 Å². The normalized spacial score (nSPS) is 15.2. The van der Waals surface area contributed by atoms with E-state index in [0.717, 1.165) is 5.56 Å². The van der Waals surface area contributed by atoms with Crippen molar-refractivity contribution < 1.29 is 9.50 Å². The molecule has 1 rings (SSSR count). The monoisotopic (exact) mass is 288 g/mol. The van der Waals surface area contributed by atoms with E-state index in [4.69, 9.17) is 0 Å². The summed E-state index contributed by atoms with van der Waals surface area (Å²) in [4.78, 5) is 0. The number of rotatable bonds is 4. The average Bonchev–Trinajstić information content (AvgIpc) is 2.10. The summed E-state index contributed by atoms with van der Waals surface area (Å²) in [6.07, 6.45) is 1.17. The fourth-order valence-corrected chi connectivity index (χ4v) is 2.45.